The highest BCUT2D eigenvalue weighted by Crippen LogP contribution is 2.41. The summed E-state index contributed by atoms with van der Waals surface area (Å²) in [5, 5.41) is 0.345. The third-order valence-electron chi connectivity index (χ3n) is 3.11. The SMILES string of the molecule is NC(=O)C1Oc2cc(Cl)c(S(=O)(=O)c3ccc(Cl)cc3)cc2O1. The minimum atomic E-state index is -3.89. The molecule has 1 aliphatic heterocycles. The zero-order chi connectivity index (χ0) is 16.8. The molecule has 2 N–H and O–H groups in total. The van der Waals surface area contributed by atoms with Crippen LogP contribution in [0.15, 0.2) is 46.2 Å². The molecule has 3 rings (SSSR count). The van der Waals surface area contributed by atoms with E-state index in [-0.39, 0.29) is 26.3 Å². The van der Waals surface area contributed by atoms with Crippen LogP contribution in [0.4, 0.5) is 0 Å². The van der Waals surface area contributed by atoms with E-state index in [0.717, 1.165) is 0 Å². The lowest BCUT2D eigenvalue weighted by atomic mass is 10.3. The van der Waals surface area contributed by atoms with E-state index in [1.165, 1.54) is 36.4 Å². The second kappa shape index (κ2) is 5.59. The van der Waals surface area contributed by atoms with E-state index < -0.39 is 22.0 Å². The lowest BCUT2D eigenvalue weighted by Crippen LogP contribution is -2.35. The van der Waals surface area contributed by atoms with Gasteiger partial charge in [-0.1, -0.05) is 23.2 Å². The number of primary amides is 1. The number of ether oxygens (including phenoxy) is 2. The van der Waals surface area contributed by atoms with E-state index in [0.29, 0.717) is 5.02 Å². The van der Waals surface area contributed by atoms with Gasteiger partial charge in [0.1, 0.15) is 0 Å². The molecule has 1 unspecified atom stereocenters. The second-order valence-corrected chi connectivity index (χ2v) is 7.42. The summed E-state index contributed by atoms with van der Waals surface area (Å²) in [7, 11) is -3.89. The van der Waals surface area contributed by atoms with Crippen LogP contribution in [0.25, 0.3) is 0 Å². The maximum atomic E-state index is 12.7. The number of hydrogen-bond acceptors (Lipinski definition) is 5. The molecule has 0 bridgehead atoms. The van der Waals surface area contributed by atoms with Crippen molar-refractivity contribution in [2.75, 3.05) is 0 Å². The lowest BCUT2D eigenvalue weighted by molar-refractivity contribution is -0.133. The molecular formula is C14H9Cl2NO5S. The Morgan fingerprint density at radius 2 is 1.61 bits per heavy atom. The number of rotatable bonds is 3. The average molecular weight is 374 g/mol. The summed E-state index contributed by atoms with van der Waals surface area (Å²) in [5.74, 6) is -0.612. The van der Waals surface area contributed by atoms with Crippen LogP contribution in [0.1, 0.15) is 0 Å². The molecule has 1 aliphatic rings. The summed E-state index contributed by atoms with van der Waals surface area (Å²) in [6.45, 7) is 0. The van der Waals surface area contributed by atoms with Gasteiger partial charge in [-0.05, 0) is 24.3 Å². The first kappa shape index (κ1) is 15.9. The normalized spacial score (nSPS) is 16.3. The smallest absolute Gasteiger partial charge is 0.321 e. The summed E-state index contributed by atoms with van der Waals surface area (Å²) >= 11 is 11.8. The van der Waals surface area contributed by atoms with E-state index >= 15 is 0 Å². The van der Waals surface area contributed by atoms with Crippen molar-refractivity contribution in [1.82, 2.24) is 0 Å². The molecule has 9 heteroatoms. The molecule has 2 aromatic rings. The fourth-order valence-electron chi connectivity index (χ4n) is 2.02. The number of nitrogens with two attached hydrogens (primary N) is 1. The summed E-state index contributed by atoms with van der Waals surface area (Å²) in [6, 6.07) is 8.11. The number of fused-ring (bicyclic) bond motifs is 1. The van der Waals surface area contributed by atoms with E-state index in [1.54, 1.807) is 0 Å². The molecule has 0 aliphatic carbocycles. The maximum Gasteiger partial charge on any atom is 0.321 e. The van der Waals surface area contributed by atoms with Crippen LogP contribution in [0.5, 0.6) is 11.5 Å². The van der Waals surface area contributed by atoms with Crippen molar-refractivity contribution in [3.05, 3.63) is 46.4 Å². The van der Waals surface area contributed by atoms with Gasteiger partial charge in [0, 0.05) is 17.2 Å². The fourth-order valence-corrected chi connectivity index (χ4v) is 3.93. The van der Waals surface area contributed by atoms with Gasteiger partial charge in [-0.25, -0.2) is 8.42 Å². The van der Waals surface area contributed by atoms with Crippen molar-refractivity contribution in [2.24, 2.45) is 5.73 Å². The molecule has 1 amide bonds. The minimum absolute atomic E-state index is 0.0223. The van der Waals surface area contributed by atoms with Gasteiger partial charge in [-0.2, -0.15) is 0 Å². The van der Waals surface area contributed by atoms with Crippen LogP contribution in [-0.4, -0.2) is 20.6 Å². The van der Waals surface area contributed by atoms with E-state index in [9.17, 15) is 13.2 Å². The molecule has 0 saturated carbocycles. The highest BCUT2D eigenvalue weighted by atomic mass is 35.5. The zero-order valence-corrected chi connectivity index (χ0v) is 13.7. The van der Waals surface area contributed by atoms with Crippen molar-refractivity contribution in [3.8, 4) is 11.5 Å². The minimum Gasteiger partial charge on any atom is -0.442 e. The quantitative estimate of drug-likeness (QED) is 0.890. The van der Waals surface area contributed by atoms with Crippen LogP contribution in [-0.2, 0) is 14.6 Å². The molecular weight excluding hydrogens is 365 g/mol. The number of carbonyl (C=O) groups is 1. The first-order valence-corrected chi connectivity index (χ1v) is 8.50. The topological polar surface area (TPSA) is 95.7 Å². The summed E-state index contributed by atoms with van der Waals surface area (Å²) in [5.41, 5.74) is 5.09. The summed E-state index contributed by atoms with van der Waals surface area (Å²) < 4.78 is 35.6. The van der Waals surface area contributed by atoms with Crippen molar-refractivity contribution in [2.45, 2.75) is 16.1 Å². The molecule has 0 spiro atoms. The van der Waals surface area contributed by atoms with Gasteiger partial charge in [-0.3, -0.25) is 4.79 Å². The monoisotopic (exact) mass is 373 g/mol. The Bertz CT molecular complexity index is 896. The van der Waals surface area contributed by atoms with Gasteiger partial charge in [0.15, 0.2) is 11.5 Å². The number of sulfone groups is 1. The van der Waals surface area contributed by atoms with Crippen molar-refractivity contribution in [3.63, 3.8) is 0 Å². The molecule has 23 heavy (non-hydrogen) atoms. The fraction of sp³-hybridized carbons (Fsp3) is 0.0714. The Hall–Kier alpha value is -1.96. The molecule has 0 fully saturated rings. The van der Waals surface area contributed by atoms with Gasteiger partial charge in [0.05, 0.1) is 14.8 Å². The Balaban J connectivity index is 2.06. The Kier molecular flexibility index (Phi) is 3.87. The first-order chi connectivity index (χ1) is 10.8. The third kappa shape index (κ3) is 2.83. The van der Waals surface area contributed by atoms with E-state index in [2.05, 4.69) is 0 Å². The predicted octanol–water partition coefficient (Wildman–Crippen LogP) is 2.41. The van der Waals surface area contributed by atoms with Gasteiger partial charge < -0.3 is 15.2 Å². The number of carbonyl (C=O) groups excluding carboxylic acids is 1. The molecule has 0 aromatic heterocycles. The van der Waals surface area contributed by atoms with Gasteiger partial charge in [0.2, 0.25) is 9.84 Å². The Morgan fingerprint density at radius 1 is 1.04 bits per heavy atom. The molecule has 6 nitrogen and oxygen atoms in total. The van der Waals surface area contributed by atoms with Crippen LogP contribution in [0, 0.1) is 0 Å². The van der Waals surface area contributed by atoms with Gasteiger partial charge in [0.25, 0.3) is 5.91 Å². The average Bonchev–Trinajstić information content (AvgIpc) is 2.90. The number of amides is 1. The largest absolute Gasteiger partial charge is 0.442 e. The van der Waals surface area contributed by atoms with Crippen molar-refractivity contribution in [1.29, 1.82) is 0 Å². The lowest BCUT2D eigenvalue weighted by Gasteiger charge is -2.08. The van der Waals surface area contributed by atoms with Crippen LogP contribution in [0.2, 0.25) is 10.0 Å². The van der Waals surface area contributed by atoms with E-state index in [4.69, 9.17) is 38.4 Å². The highest BCUT2D eigenvalue weighted by Gasteiger charge is 2.32. The maximum absolute atomic E-state index is 12.7. The van der Waals surface area contributed by atoms with Gasteiger partial charge in [-0.15, -0.1) is 0 Å². The zero-order valence-electron chi connectivity index (χ0n) is 11.3. The van der Waals surface area contributed by atoms with Crippen LogP contribution >= 0.6 is 23.2 Å². The summed E-state index contributed by atoms with van der Waals surface area (Å²) in [6.07, 6.45) is -1.31. The highest BCUT2D eigenvalue weighted by molar-refractivity contribution is 7.91. The first-order valence-electron chi connectivity index (χ1n) is 6.26. The van der Waals surface area contributed by atoms with Crippen LogP contribution in [0.3, 0.4) is 0 Å². The molecule has 0 saturated heterocycles. The Labute approximate surface area is 141 Å². The number of halogens is 2. The molecule has 0 radical (unpaired) electrons. The molecule has 120 valence electrons. The number of benzene rings is 2. The molecule has 1 heterocycles. The number of hydrogen-bond donors (Lipinski definition) is 1. The third-order valence-corrected chi connectivity index (χ3v) is 5.60. The van der Waals surface area contributed by atoms with Gasteiger partial charge >= 0.3 is 6.29 Å². The van der Waals surface area contributed by atoms with Crippen LogP contribution < -0.4 is 15.2 Å². The van der Waals surface area contributed by atoms with Crippen molar-refractivity contribution < 1.29 is 22.7 Å². The van der Waals surface area contributed by atoms with Crippen molar-refractivity contribution >= 4 is 38.9 Å². The standard InChI is InChI=1S/C14H9Cl2NO5S/c15-7-1-3-8(4-2-7)23(19,20)12-6-11-10(5-9(12)16)21-14(22-11)13(17)18/h1-6,14H,(H2,17,18). The predicted molar refractivity (Wildman–Crippen MR) is 82.6 cm³/mol. The van der Waals surface area contributed by atoms with E-state index in [1.807, 2.05) is 0 Å². The summed E-state index contributed by atoms with van der Waals surface area (Å²) in [4.78, 5) is 10.9. The Morgan fingerprint density at radius 3 is 2.17 bits per heavy atom. The molecule has 2 aromatic carbocycles. The molecule has 1 atom stereocenters. The second-order valence-electron chi connectivity index (χ2n) is 4.66.